The van der Waals surface area contributed by atoms with Crippen LogP contribution in [0.25, 0.3) is 11.1 Å². The first-order valence-electron chi connectivity index (χ1n) is 20.5. The highest BCUT2D eigenvalue weighted by atomic mass is 16.5. The van der Waals surface area contributed by atoms with Crippen molar-refractivity contribution >= 4 is 17.1 Å². The fourth-order valence-electron chi connectivity index (χ4n) is 17.9. The van der Waals surface area contributed by atoms with Crippen LogP contribution in [0.4, 0.5) is 0 Å². The van der Waals surface area contributed by atoms with Crippen LogP contribution in [0.15, 0.2) is 145 Å². The quantitative estimate of drug-likeness (QED) is 0.295. The van der Waals surface area contributed by atoms with Crippen molar-refractivity contribution in [3.05, 3.63) is 184 Å². The molecule has 1 spiro atoms. The molecular formula is C51H32O2. The third kappa shape index (κ3) is 1.89. The van der Waals surface area contributed by atoms with E-state index in [4.69, 9.17) is 4.74 Å². The minimum atomic E-state index is -0.144. The molecule has 0 saturated heterocycles. The topological polar surface area (TPSA) is 26.3 Å². The highest BCUT2D eigenvalue weighted by Gasteiger charge is 2.92. The number of ether oxygens (including phenoxy) is 1. The third-order valence-electron chi connectivity index (χ3n) is 18.4. The average Bonchev–Trinajstić information content (AvgIpc) is 3.88. The molecule has 0 heterocycles. The van der Waals surface area contributed by atoms with E-state index >= 15 is 0 Å². The Morgan fingerprint density at radius 1 is 0.698 bits per heavy atom. The molecule has 16 aliphatic carbocycles. The lowest BCUT2D eigenvalue weighted by Gasteiger charge is -2.39. The molecule has 0 N–H and O–H groups in total. The van der Waals surface area contributed by atoms with Gasteiger partial charge in [0, 0.05) is 58.2 Å². The second kappa shape index (κ2) is 6.81. The number of allylic oxidation sites excluding steroid dienone is 22. The minimum Gasteiger partial charge on any atom is -0.469 e. The van der Waals surface area contributed by atoms with Gasteiger partial charge >= 0.3 is 5.97 Å². The Labute approximate surface area is 306 Å². The summed E-state index contributed by atoms with van der Waals surface area (Å²) in [6.07, 6.45) is 22.4. The van der Waals surface area contributed by atoms with Gasteiger partial charge in [-0.25, -0.2) is 0 Å². The first kappa shape index (κ1) is 25.1. The monoisotopic (exact) mass is 676 g/mol. The lowest BCUT2D eigenvalue weighted by atomic mass is 9.63. The van der Waals surface area contributed by atoms with Gasteiger partial charge in [-0.3, -0.25) is 4.79 Å². The van der Waals surface area contributed by atoms with Gasteiger partial charge in [0.15, 0.2) is 0 Å². The number of benzene rings is 2. The smallest absolute Gasteiger partial charge is 0.305 e. The summed E-state index contributed by atoms with van der Waals surface area (Å²) in [5.41, 5.74) is 38.8. The normalized spacial score (nSPS) is 41.5. The fraction of sp³-hybridized carbons (Fsp3) is 0.314. The van der Waals surface area contributed by atoms with Crippen molar-refractivity contribution in [3.8, 4) is 0 Å². The molecule has 2 nitrogen and oxygen atoms in total. The standard InChI is InChI=1S/C51H32O2/c1-53-28(52)8-5-9-50(27-6-3-2-4-7-27)49-17-25-15-23-13-21-11-19-10-20-12-22-14-24-16-26(18-49)36-32(24)40-34(22)38-30(20)29(19)37-33(21)39-31(23)35(25)47-45-43(39)41(37)42(38)44(40)46(45)48(36)51(47,49)50/h2-4,6-7,11-14,17-18,21-22,33-34,41,46H,5,8-10,15-16H2,1H3/t21?,22?,33?,34?,41?,46?,49?,50-,51?/m1/s1. The van der Waals surface area contributed by atoms with E-state index < -0.39 is 0 Å². The van der Waals surface area contributed by atoms with E-state index in [1.807, 2.05) is 5.57 Å². The SMILES string of the molecule is COC(=O)CCC[C@@]1(c2ccccc2)C23C=C4CC5=CC6C=C7CC8=CC9C=C%10CC(=C2)c2c%10c%10c%11c%12c2C31C1=C4C5=C2C(=C3C(=C7C8=C(C3%11)C%109)C26)C1%12. The van der Waals surface area contributed by atoms with Crippen LogP contribution in [0.3, 0.4) is 0 Å². The van der Waals surface area contributed by atoms with Gasteiger partial charge in [-0.1, -0.05) is 66.8 Å². The van der Waals surface area contributed by atoms with Crippen LogP contribution in [0.5, 0.6) is 0 Å². The van der Waals surface area contributed by atoms with Crippen molar-refractivity contribution in [2.45, 2.75) is 67.1 Å². The Morgan fingerprint density at radius 2 is 1.40 bits per heavy atom. The molecule has 0 amide bonds. The van der Waals surface area contributed by atoms with Crippen LogP contribution in [0.2, 0.25) is 0 Å². The Bertz CT molecular complexity index is 3020. The highest BCUT2D eigenvalue weighted by Crippen LogP contribution is 2.96. The maximum absolute atomic E-state index is 12.8. The van der Waals surface area contributed by atoms with Crippen LogP contribution >= 0.6 is 0 Å². The second-order valence-corrected chi connectivity index (χ2v) is 19.3. The molecule has 0 aliphatic heterocycles. The summed E-state index contributed by atoms with van der Waals surface area (Å²) in [5, 5.41) is 0. The molecule has 53 heavy (non-hydrogen) atoms. The highest BCUT2D eigenvalue weighted by molar-refractivity contribution is 6.08. The van der Waals surface area contributed by atoms with Crippen molar-refractivity contribution in [1.82, 2.24) is 0 Å². The summed E-state index contributed by atoms with van der Waals surface area (Å²) >= 11 is 0. The van der Waals surface area contributed by atoms with Crippen LogP contribution in [0, 0.1) is 23.2 Å². The van der Waals surface area contributed by atoms with Crippen molar-refractivity contribution in [2.24, 2.45) is 23.2 Å². The zero-order valence-corrected chi connectivity index (χ0v) is 29.4. The van der Waals surface area contributed by atoms with Crippen molar-refractivity contribution in [1.29, 1.82) is 0 Å². The molecule has 248 valence electrons. The molecule has 9 atom stereocenters. The van der Waals surface area contributed by atoms with Crippen LogP contribution < -0.4 is 0 Å². The number of esters is 1. The van der Waals surface area contributed by atoms with E-state index in [0.29, 0.717) is 41.9 Å². The Hall–Kier alpha value is -4.95. The van der Waals surface area contributed by atoms with Gasteiger partial charge in [0.05, 0.1) is 7.11 Å². The first-order valence-corrected chi connectivity index (χ1v) is 20.5. The lowest BCUT2D eigenvalue weighted by molar-refractivity contribution is -0.140. The molecule has 3 saturated carbocycles. The zero-order chi connectivity index (χ0) is 33.5. The maximum Gasteiger partial charge on any atom is 0.305 e. The summed E-state index contributed by atoms with van der Waals surface area (Å²) in [6, 6.07) is 11.7. The number of hydrogen-bond donors (Lipinski definition) is 0. The summed E-state index contributed by atoms with van der Waals surface area (Å²) in [6.45, 7) is 0. The molecule has 0 bridgehead atoms. The molecule has 0 aromatic heterocycles. The molecule has 3 fully saturated rings. The van der Waals surface area contributed by atoms with E-state index in [1.165, 1.54) is 5.56 Å². The molecule has 2 heteroatoms. The van der Waals surface area contributed by atoms with Gasteiger partial charge < -0.3 is 4.74 Å². The lowest BCUT2D eigenvalue weighted by Crippen LogP contribution is -2.30. The maximum atomic E-state index is 12.8. The molecular weight excluding hydrogens is 645 g/mol. The fourth-order valence-corrected chi connectivity index (χ4v) is 17.9. The van der Waals surface area contributed by atoms with Crippen molar-refractivity contribution in [3.63, 3.8) is 0 Å². The zero-order valence-electron chi connectivity index (χ0n) is 29.4. The summed E-state index contributed by atoms with van der Waals surface area (Å²) < 4.78 is 5.28. The van der Waals surface area contributed by atoms with Gasteiger partial charge in [0.1, 0.15) is 0 Å². The van der Waals surface area contributed by atoms with Gasteiger partial charge in [-0.05, 0) is 160 Å². The Balaban J connectivity index is 1.09. The molecule has 2 aromatic rings. The van der Waals surface area contributed by atoms with Gasteiger partial charge in [0.2, 0.25) is 0 Å². The largest absolute Gasteiger partial charge is 0.469 e. The predicted molar refractivity (Wildman–Crippen MR) is 200 cm³/mol. The Kier molecular flexibility index (Phi) is 3.23. The number of rotatable bonds is 5. The minimum absolute atomic E-state index is 0.0792. The summed E-state index contributed by atoms with van der Waals surface area (Å²) in [4.78, 5) is 12.8. The molecule has 2 aromatic carbocycles. The van der Waals surface area contributed by atoms with Crippen molar-refractivity contribution in [2.75, 3.05) is 7.11 Å². The molecule has 0 radical (unpaired) electrons. The van der Waals surface area contributed by atoms with Gasteiger partial charge in [-0.2, -0.15) is 0 Å². The first-order chi connectivity index (χ1) is 26.1. The van der Waals surface area contributed by atoms with Crippen molar-refractivity contribution < 1.29 is 9.53 Å². The third-order valence-corrected chi connectivity index (χ3v) is 18.4. The van der Waals surface area contributed by atoms with E-state index in [9.17, 15) is 4.79 Å². The Morgan fingerprint density at radius 3 is 2.23 bits per heavy atom. The molecule has 16 aliphatic rings. The number of methoxy groups -OCH3 is 1. The summed E-state index contributed by atoms with van der Waals surface area (Å²) in [5.74, 6) is 2.68. The summed E-state index contributed by atoms with van der Waals surface area (Å²) in [7, 11) is 1.55. The van der Waals surface area contributed by atoms with E-state index in [-0.39, 0.29) is 22.2 Å². The van der Waals surface area contributed by atoms with Crippen LogP contribution in [-0.2, 0) is 20.4 Å². The van der Waals surface area contributed by atoms with E-state index in [2.05, 4.69) is 66.8 Å². The number of hydrogen-bond acceptors (Lipinski definition) is 2. The van der Waals surface area contributed by atoms with Gasteiger partial charge in [-0.15, -0.1) is 0 Å². The predicted octanol–water partition coefficient (Wildman–Crippen LogP) is 9.63. The van der Waals surface area contributed by atoms with Crippen LogP contribution in [0.1, 0.15) is 95.2 Å². The number of carbonyl (C=O) groups excluding carboxylic acids is 1. The van der Waals surface area contributed by atoms with E-state index in [0.717, 1.165) is 32.1 Å². The molecule has 8 unspecified atom stereocenters. The van der Waals surface area contributed by atoms with Gasteiger partial charge in [0.25, 0.3) is 0 Å². The second-order valence-electron chi connectivity index (χ2n) is 19.3. The van der Waals surface area contributed by atoms with Crippen LogP contribution in [-0.4, -0.2) is 13.1 Å². The molecule has 18 rings (SSSR count). The average molecular weight is 677 g/mol. The van der Waals surface area contributed by atoms with E-state index in [1.54, 1.807) is 124 Å². The number of carbonyl (C=O) groups is 1.